The molecule has 10 heteroatoms. The lowest BCUT2D eigenvalue weighted by molar-refractivity contribution is 0.0951. The zero-order valence-electron chi connectivity index (χ0n) is 18.9. The highest BCUT2D eigenvalue weighted by Gasteiger charge is 2.46. The first-order valence-electron chi connectivity index (χ1n) is 11.6. The molecule has 2 aliphatic rings. The summed E-state index contributed by atoms with van der Waals surface area (Å²) in [5.74, 6) is -0.165. The van der Waals surface area contributed by atoms with Gasteiger partial charge < -0.3 is 15.2 Å². The number of H-pyrrole nitrogens is 1. The molecular weight excluding hydrogens is 447 g/mol. The molecule has 176 valence electrons. The van der Waals surface area contributed by atoms with E-state index < -0.39 is 12.2 Å². The number of hydrogen-bond acceptors (Lipinski definition) is 6. The highest BCUT2D eigenvalue weighted by molar-refractivity contribution is 5.95. The lowest BCUT2D eigenvalue weighted by Gasteiger charge is -2.50. The second-order valence-corrected chi connectivity index (χ2v) is 9.28. The van der Waals surface area contributed by atoms with Crippen molar-refractivity contribution in [3.63, 3.8) is 0 Å². The van der Waals surface area contributed by atoms with Gasteiger partial charge in [-0.25, -0.2) is 14.4 Å². The molecule has 0 radical (unpaired) electrons. The minimum absolute atomic E-state index is 0.165. The van der Waals surface area contributed by atoms with Crippen molar-refractivity contribution in [2.24, 2.45) is 0 Å². The van der Waals surface area contributed by atoms with Crippen LogP contribution in [0.5, 0.6) is 0 Å². The van der Waals surface area contributed by atoms with Gasteiger partial charge in [-0.2, -0.15) is 10.4 Å². The van der Waals surface area contributed by atoms with E-state index in [2.05, 4.69) is 31.4 Å². The van der Waals surface area contributed by atoms with Crippen molar-refractivity contribution in [2.45, 2.75) is 37.5 Å². The van der Waals surface area contributed by atoms with E-state index in [-0.39, 0.29) is 18.4 Å². The average Bonchev–Trinajstić information content (AvgIpc) is 3.32. The lowest BCUT2D eigenvalue weighted by atomic mass is 9.85. The van der Waals surface area contributed by atoms with Gasteiger partial charge in [0.15, 0.2) is 0 Å². The fourth-order valence-corrected chi connectivity index (χ4v) is 4.77. The van der Waals surface area contributed by atoms with Crippen molar-refractivity contribution in [3.8, 4) is 17.3 Å². The molecule has 1 amide bonds. The van der Waals surface area contributed by atoms with E-state index in [1.807, 2.05) is 28.0 Å². The van der Waals surface area contributed by atoms with Crippen molar-refractivity contribution in [2.75, 3.05) is 18.0 Å². The van der Waals surface area contributed by atoms with Crippen LogP contribution in [0, 0.1) is 11.3 Å². The SMILES string of the molecule is N#CCC1(n2cc(-c3ncnc4[nH]ccc34)cn2)CN(c2ccc(C(=O)NC3CC3)cc2CF)C1. The number of fused-ring (bicyclic) bond motifs is 1. The predicted octanol–water partition coefficient (Wildman–Crippen LogP) is 3.31. The molecule has 1 saturated carbocycles. The molecule has 0 atom stereocenters. The third-order valence-corrected chi connectivity index (χ3v) is 6.81. The molecule has 4 aromatic rings. The minimum Gasteiger partial charge on any atom is -0.366 e. The molecule has 9 nitrogen and oxygen atoms in total. The number of halogens is 1. The molecule has 6 rings (SSSR count). The van der Waals surface area contributed by atoms with Crippen LogP contribution >= 0.6 is 0 Å². The van der Waals surface area contributed by atoms with Crippen LogP contribution in [0.15, 0.2) is 49.2 Å². The molecule has 0 spiro atoms. The van der Waals surface area contributed by atoms with Crippen LogP contribution in [0.3, 0.4) is 0 Å². The molecule has 1 aliphatic carbocycles. The zero-order valence-corrected chi connectivity index (χ0v) is 18.9. The molecule has 35 heavy (non-hydrogen) atoms. The monoisotopic (exact) mass is 470 g/mol. The molecule has 0 bridgehead atoms. The molecular formula is C25H23FN8O. The normalized spacial score (nSPS) is 16.6. The molecule has 3 aromatic heterocycles. The van der Waals surface area contributed by atoms with Crippen molar-refractivity contribution >= 4 is 22.6 Å². The number of hydrogen-bond donors (Lipinski definition) is 2. The fraction of sp³-hybridized carbons (Fsp3) is 0.320. The molecule has 0 unspecified atom stereocenters. The highest BCUT2D eigenvalue weighted by atomic mass is 19.1. The van der Waals surface area contributed by atoms with Gasteiger partial charge in [-0.05, 0) is 37.1 Å². The summed E-state index contributed by atoms with van der Waals surface area (Å²) in [5, 5.41) is 18.0. The Kier molecular flexibility index (Phi) is 4.99. The largest absolute Gasteiger partial charge is 0.366 e. The smallest absolute Gasteiger partial charge is 0.251 e. The average molecular weight is 471 g/mol. The molecule has 1 saturated heterocycles. The fourth-order valence-electron chi connectivity index (χ4n) is 4.77. The van der Waals surface area contributed by atoms with E-state index in [0.717, 1.165) is 40.8 Å². The van der Waals surface area contributed by atoms with Gasteiger partial charge >= 0.3 is 0 Å². The first-order chi connectivity index (χ1) is 17.1. The van der Waals surface area contributed by atoms with E-state index in [1.54, 1.807) is 24.4 Å². The molecule has 2 fully saturated rings. The standard InChI is InChI=1S/C25H23FN8O/c26-10-17-9-16(24(35)32-19-2-3-19)1-4-21(17)33-13-25(14-33,6-7-27)34-12-18(11-31-34)22-20-5-8-28-23(20)30-15-29-22/h1,4-5,8-9,11-12,15,19H,2-3,6,10,13-14H2,(H,32,35)(H,28,29,30). The second-order valence-electron chi connectivity index (χ2n) is 9.28. The predicted molar refractivity (Wildman–Crippen MR) is 127 cm³/mol. The van der Waals surface area contributed by atoms with Crippen molar-refractivity contribution in [1.82, 2.24) is 30.0 Å². The summed E-state index contributed by atoms with van der Waals surface area (Å²) in [6.45, 7) is 0.338. The summed E-state index contributed by atoms with van der Waals surface area (Å²) in [7, 11) is 0. The van der Waals surface area contributed by atoms with Gasteiger partial charge in [-0.3, -0.25) is 9.48 Å². The Bertz CT molecular complexity index is 1460. The Morgan fingerprint density at radius 3 is 2.91 bits per heavy atom. The van der Waals surface area contributed by atoms with E-state index in [1.165, 1.54) is 6.33 Å². The van der Waals surface area contributed by atoms with Crippen LogP contribution in [0.4, 0.5) is 10.1 Å². The van der Waals surface area contributed by atoms with E-state index in [0.29, 0.717) is 24.2 Å². The van der Waals surface area contributed by atoms with E-state index >= 15 is 0 Å². The van der Waals surface area contributed by atoms with Crippen molar-refractivity contribution < 1.29 is 9.18 Å². The molecule has 4 heterocycles. The Morgan fingerprint density at radius 2 is 2.14 bits per heavy atom. The van der Waals surface area contributed by atoms with E-state index in [9.17, 15) is 14.4 Å². The zero-order chi connectivity index (χ0) is 24.0. The molecule has 1 aliphatic heterocycles. The third-order valence-electron chi connectivity index (χ3n) is 6.81. The Morgan fingerprint density at radius 1 is 1.29 bits per heavy atom. The number of nitrogens with one attached hydrogen (secondary N) is 2. The van der Waals surface area contributed by atoms with Gasteiger partial charge in [-0.15, -0.1) is 0 Å². The van der Waals surface area contributed by atoms with Crippen LogP contribution in [-0.2, 0) is 12.2 Å². The number of aromatic nitrogens is 5. The first kappa shape index (κ1) is 21.3. The number of carbonyl (C=O) groups excluding carboxylic acids is 1. The van der Waals surface area contributed by atoms with Gasteiger partial charge in [-0.1, -0.05) is 0 Å². The minimum atomic E-state index is -0.673. The quantitative estimate of drug-likeness (QED) is 0.428. The topological polar surface area (TPSA) is 116 Å². The van der Waals surface area contributed by atoms with Gasteiger partial charge in [0.2, 0.25) is 0 Å². The Labute approximate surface area is 200 Å². The van der Waals surface area contributed by atoms with Crippen LogP contribution in [0.25, 0.3) is 22.3 Å². The number of rotatable bonds is 7. The van der Waals surface area contributed by atoms with Crippen molar-refractivity contribution in [1.29, 1.82) is 5.26 Å². The number of aromatic amines is 1. The summed E-state index contributed by atoms with van der Waals surface area (Å²) in [6.07, 6.45) is 9.24. The number of nitriles is 1. The maximum absolute atomic E-state index is 13.9. The van der Waals surface area contributed by atoms with E-state index in [4.69, 9.17) is 0 Å². The number of amides is 1. The van der Waals surface area contributed by atoms with Crippen LogP contribution in [0.1, 0.15) is 35.2 Å². The highest BCUT2D eigenvalue weighted by Crippen LogP contribution is 2.39. The second kappa shape index (κ2) is 8.20. The number of carbonyl (C=O) groups is 1. The van der Waals surface area contributed by atoms with Crippen LogP contribution in [-0.4, -0.2) is 49.8 Å². The van der Waals surface area contributed by atoms with Gasteiger partial charge in [0.25, 0.3) is 5.91 Å². The summed E-state index contributed by atoms with van der Waals surface area (Å²) in [6, 6.07) is 9.61. The number of anilines is 1. The maximum atomic E-state index is 13.9. The van der Waals surface area contributed by atoms with Gasteiger partial charge in [0.05, 0.1) is 24.4 Å². The summed E-state index contributed by atoms with van der Waals surface area (Å²) in [5.41, 5.74) is 3.49. The molecule has 1 aromatic carbocycles. The number of nitrogens with zero attached hydrogens (tertiary/aromatic N) is 6. The van der Waals surface area contributed by atoms with Gasteiger partial charge in [0, 0.05) is 59.3 Å². The first-order valence-corrected chi connectivity index (χ1v) is 11.6. The maximum Gasteiger partial charge on any atom is 0.251 e. The van der Waals surface area contributed by atoms with Gasteiger partial charge in [0.1, 0.15) is 24.2 Å². The third kappa shape index (κ3) is 3.69. The lowest BCUT2D eigenvalue weighted by Crippen LogP contribution is -2.63. The summed E-state index contributed by atoms with van der Waals surface area (Å²) in [4.78, 5) is 26.2. The number of benzene rings is 1. The summed E-state index contributed by atoms with van der Waals surface area (Å²) < 4.78 is 15.8. The molecule has 2 N–H and O–H groups in total. The number of alkyl halides is 1. The van der Waals surface area contributed by atoms with Crippen molar-refractivity contribution in [3.05, 3.63) is 60.3 Å². The Hall–Kier alpha value is -4.26. The Balaban J connectivity index is 1.25. The summed E-state index contributed by atoms with van der Waals surface area (Å²) >= 11 is 0. The van der Waals surface area contributed by atoms with Crippen LogP contribution < -0.4 is 10.2 Å². The van der Waals surface area contributed by atoms with Crippen LogP contribution in [0.2, 0.25) is 0 Å².